The van der Waals surface area contributed by atoms with Gasteiger partial charge in [-0.1, -0.05) is 30.7 Å². The lowest BCUT2D eigenvalue weighted by atomic mass is 10.1. The van der Waals surface area contributed by atoms with Crippen molar-refractivity contribution in [3.05, 3.63) is 34.9 Å². The molecule has 0 aromatic heterocycles. The van der Waals surface area contributed by atoms with Gasteiger partial charge in [-0.3, -0.25) is 14.5 Å². The first-order chi connectivity index (χ1) is 9.95. The van der Waals surface area contributed by atoms with E-state index in [9.17, 15) is 9.59 Å². The van der Waals surface area contributed by atoms with Crippen LogP contribution in [0.4, 0.5) is 0 Å². The molecule has 2 rings (SSSR count). The normalized spacial score (nSPS) is 15.4. The number of rotatable bonds is 5. The van der Waals surface area contributed by atoms with Gasteiger partial charge in [-0.2, -0.15) is 0 Å². The molecule has 2 amide bonds. The Morgan fingerprint density at radius 2 is 1.76 bits per heavy atom. The molecule has 0 N–H and O–H groups in total. The summed E-state index contributed by atoms with van der Waals surface area (Å²) >= 11 is 6.05. The molecule has 0 fully saturated rings. The topological polar surface area (TPSA) is 46.6 Å². The number of carbonyl (C=O) groups excluding carboxylic acids is 2. The molecular formula is C16H18ClNO3. The number of nitrogens with zero attached hydrogens (tertiary/aromatic N) is 1. The molecule has 5 heteroatoms. The number of benzene rings is 1. The first-order valence-electron chi connectivity index (χ1n) is 6.98. The van der Waals surface area contributed by atoms with E-state index >= 15 is 0 Å². The van der Waals surface area contributed by atoms with E-state index in [2.05, 4.69) is 0 Å². The molecule has 4 nitrogen and oxygen atoms in total. The van der Waals surface area contributed by atoms with E-state index in [-0.39, 0.29) is 22.6 Å². The predicted octanol–water partition coefficient (Wildman–Crippen LogP) is 3.20. The zero-order valence-corrected chi connectivity index (χ0v) is 13.1. The number of hydrogen-bond acceptors (Lipinski definition) is 3. The smallest absolute Gasteiger partial charge is 0.273 e. The molecular weight excluding hydrogens is 290 g/mol. The number of hydrogen-bond donors (Lipinski definition) is 0. The van der Waals surface area contributed by atoms with E-state index in [1.54, 1.807) is 24.3 Å². The second kappa shape index (κ2) is 6.31. The van der Waals surface area contributed by atoms with Crippen LogP contribution in [0.1, 0.15) is 32.8 Å². The van der Waals surface area contributed by atoms with E-state index in [4.69, 9.17) is 16.3 Å². The van der Waals surface area contributed by atoms with Crippen LogP contribution in [0.15, 0.2) is 29.3 Å². The highest BCUT2D eigenvalue weighted by Gasteiger charge is 2.37. The minimum absolute atomic E-state index is 0.00835. The number of amides is 2. The van der Waals surface area contributed by atoms with E-state index in [1.165, 1.54) is 4.90 Å². The lowest BCUT2D eigenvalue weighted by Crippen LogP contribution is -2.31. The van der Waals surface area contributed by atoms with Gasteiger partial charge in [-0.05, 0) is 38.0 Å². The molecule has 0 aliphatic carbocycles. The highest BCUT2D eigenvalue weighted by Crippen LogP contribution is 2.32. The standard InChI is InChI=1S/C16H18ClNO3/c1-4-9-18-15(19)13(14(17)16(18)20)11-5-7-12(8-6-11)21-10(2)3/h5-8,10H,4,9H2,1-3H3. The molecule has 1 aliphatic rings. The van der Waals surface area contributed by atoms with Crippen LogP contribution in [0.3, 0.4) is 0 Å². The molecule has 0 spiro atoms. The highest BCUT2D eigenvalue weighted by atomic mass is 35.5. The number of ether oxygens (including phenoxy) is 1. The van der Waals surface area contributed by atoms with Gasteiger partial charge in [0.05, 0.1) is 11.7 Å². The zero-order chi connectivity index (χ0) is 15.6. The first-order valence-corrected chi connectivity index (χ1v) is 7.36. The zero-order valence-electron chi connectivity index (χ0n) is 12.4. The molecule has 1 aromatic rings. The van der Waals surface area contributed by atoms with Gasteiger partial charge in [0, 0.05) is 6.54 Å². The van der Waals surface area contributed by atoms with E-state index in [0.29, 0.717) is 24.3 Å². The van der Waals surface area contributed by atoms with Crippen molar-refractivity contribution in [3.8, 4) is 5.75 Å². The van der Waals surface area contributed by atoms with Crippen molar-refractivity contribution in [2.24, 2.45) is 0 Å². The van der Waals surface area contributed by atoms with Gasteiger partial charge >= 0.3 is 0 Å². The highest BCUT2D eigenvalue weighted by molar-refractivity contribution is 6.55. The van der Waals surface area contributed by atoms with Crippen LogP contribution in [0.5, 0.6) is 5.75 Å². The van der Waals surface area contributed by atoms with Crippen molar-refractivity contribution in [3.63, 3.8) is 0 Å². The van der Waals surface area contributed by atoms with E-state index < -0.39 is 5.91 Å². The van der Waals surface area contributed by atoms with Crippen molar-refractivity contribution in [1.82, 2.24) is 4.90 Å². The van der Waals surface area contributed by atoms with Gasteiger partial charge in [-0.25, -0.2) is 0 Å². The van der Waals surface area contributed by atoms with Crippen LogP contribution >= 0.6 is 11.6 Å². The molecule has 112 valence electrons. The third-order valence-corrected chi connectivity index (χ3v) is 3.42. The molecule has 1 heterocycles. The quantitative estimate of drug-likeness (QED) is 0.785. The summed E-state index contributed by atoms with van der Waals surface area (Å²) < 4.78 is 5.55. The summed E-state index contributed by atoms with van der Waals surface area (Å²) in [6.45, 7) is 6.17. The lowest BCUT2D eigenvalue weighted by Gasteiger charge is -2.13. The maximum absolute atomic E-state index is 12.3. The number of halogens is 1. The van der Waals surface area contributed by atoms with Crippen molar-refractivity contribution in [2.75, 3.05) is 6.54 Å². The Labute approximate surface area is 129 Å². The summed E-state index contributed by atoms with van der Waals surface area (Å²) in [6, 6.07) is 7.03. The van der Waals surface area contributed by atoms with Gasteiger partial charge < -0.3 is 4.74 Å². The monoisotopic (exact) mass is 307 g/mol. The Morgan fingerprint density at radius 1 is 1.14 bits per heavy atom. The number of carbonyl (C=O) groups is 2. The van der Waals surface area contributed by atoms with Crippen LogP contribution < -0.4 is 4.74 Å². The summed E-state index contributed by atoms with van der Waals surface area (Å²) in [5, 5.41) is -0.00835. The third kappa shape index (κ3) is 3.10. The molecule has 1 aromatic carbocycles. The fraction of sp³-hybridized carbons (Fsp3) is 0.375. The largest absolute Gasteiger partial charge is 0.491 e. The molecule has 0 unspecified atom stereocenters. The van der Waals surface area contributed by atoms with Crippen LogP contribution in [-0.4, -0.2) is 29.4 Å². The fourth-order valence-electron chi connectivity index (χ4n) is 2.20. The van der Waals surface area contributed by atoms with Crippen LogP contribution in [0.2, 0.25) is 0 Å². The Balaban J connectivity index is 2.29. The SMILES string of the molecule is CCCN1C(=O)C(Cl)=C(c2ccc(OC(C)C)cc2)C1=O. The van der Waals surface area contributed by atoms with Crippen molar-refractivity contribution >= 4 is 29.0 Å². The third-order valence-electron chi connectivity index (χ3n) is 3.07. The minimum Gasteiger partial charge on any atom is -0.491 e. The van der Waals surface area contributed by atoms with Gasteiger partial charge in [0.25, 0.3) is 11.8 Å². The van der Waals surface area contributed by atoms with Crippen LogP contribution in [-0.2, 0) is 9.59 Å². The second-order valence-corrected chi connectivity index (χ2v) is 5.52. The Bertz CT molecular complexity index is 590. The van der Waals surface area contributed by atoms with Crippen molar-refractivity contribution in [2.45, 2.75) is 33.3 Å². The van der Waals surface area contributed by atoms with Crippen molar-refractivity contribution in [1.29, 1.82) is 0 Å². The molecule has 1 aliphatic heterocycles. The predicted molar refractivity (Wildman–Crippen MR) is 82.0 cm³/mol. The maximum atomic E-state index is 12.3. The Morgan fingerprint density at radius 3 is 2.29 bits per heavy atom. The van der Waals surface area contributed by atoms with Crippen LogP contribution in [0.25, 0.3) is 5.57 Å². The molecule has 21 heavy (non-hydrogen) atoms. The van der Waals surface area contributed by atoms with Crippen LogP contribution in [0, 0.1) is 0 Å². The first kappa shape index (κ1) is 15.6. The molecule has 0 radical (unpaired) electrons. The Hall–Kier alpha value is -1.81. The molecule has 0 bridgehead atoms. The van der Waals surface area contributed by atoms with Gasteiger partial charge in [0.1, 0.15) is 10.8 Å². The minimum atomic E-state index is -0.416. The maximum Gasteiger partial charge on any atom is 0.273 e. The van der Waals surface area contributed by atoms with Gasteiger partial charge in [-0.15, -0.1) is 0 Å². The van der Waals surface area contributed by atoms with E-state index in [0.717, 1.165) is 0 Å². The fourth-order valence-corrected chi connectivity index (χ4v) is 2.49. The summed E-state index contributed by atoms with van der Waals surface area (Å²) in [5.41, 5.74) is 0.902. The van der Waals surface area contributed by atoms with Crippen molar-refractivity contribution < 1.29 is 14.3 Å². The average Bonchev–Trinajstić information content (AvgIpc) is 2.64. The number of imide groups is 1. The average molecular weight is 308 g/mol. The summed E-state index contributed by atoms with van der Waals surface area (Å²) in [5.74, 6) is -0.0296. The van der Waals surface area contributed by atoms with Gasteiger partial charge in [0.2, 0.25) is 0 Å². The summed E-state index contributed by atoms with van der Waals surface area (Å²) in [4.78, 5) is 25.5. The lowest BCUT2D eigenvalue weighted by molar-refractivity contribution is -0.136. The second-order valence-electron chi connectivity index (χ2n) is 5.14. The molecule has 0 saturated heterocycles. The molecule has 0 saturated carbocycles. The van der Waals surface area contributed by atoms with Gasteiger partial charge in [0.15, 0.2) is 0 Å². The van der Waals surface area contributed by atoms with E-state index in [1.807, 2.05) is 20.8 Å². The molecule has 0 atom stereocenters. The summed E-state index contributed by atoms with van der Waals surface area (Å²) in [7, 11) is 0. The summed E-state index contributed by atoms with van der Waals surface area (Å²) in [6.07, 6.45) is 0.782. The Kier molecular flexibility index (Phi) is 4.68.